The third-order valence-electron chi connectivity index (χ3n) is 3.57. The van der Waals surface area contributed by atoms with Gasteiger partial charge in [0.25, 0.3) is 0 Å². The Morgan fingerprint density at radius 2 is 2.10 bits per heavy atom. The molecule has 1 N–H and O–H groups in total. The SMILES string of the molecule is OC1CCc2cc(OCc3ccc(Cl)cc3F)ccc21. The first kappa shape index (κ1) is 13.4. The van der Waals surface area contributed by atoms with Crippen LogP contribution in [0.15, 0.2) is 36.4 Å². The molecular weight excluding hydrogens is 279 g/mol. The summed E-state index contributed by atoms with van der Waals surface area (Å²) in [7, 11) is 0. The summed E-state index contributed by atoms with van der Waals surface area (Å²) in [5, 5.41) is 10.1. The number of ether oxygens (including phenoxy) is 1. The molecule has 0 radical (unpaired) electrons. The van der Waals surface area contributed by atoms with Crippen molar-refractivity contribution in [1.29, 1.82) is 0 Å². The van der Waals surface area contributed by atoms with Crippen molar-refractivity contribution in [2.45, 2.75) is 25.6 Å². The molecule has 3 rings (SSSR count). The Balaban J connectivity index is 1.73. The monoisotopic (exact) mass is 292 g/mol. The van der Waals surface area contributed by atoms with Gasteiger partial charge in [-0.1, -0.05) is 23.7 Å². The van der Waals surface area contributed by atoms with E-state index < -0.39 is 0 Å². The minimum absolute atomic E-state index is 0.157. The molecule has 20 heavy (non-hydrogen) atoms. The molecule has 0 amide bonds. The third kappa shape index (κ3) is 2.65. The van der Waals surface area contributed by atoms with Crippen LogP contribution in [0.1, 0.15) is 29.2 Å². The normalized spacial score (nSPS) is 17.1. The van der Waals surface area contributed by atoms with E-state index in [1.807, 2.05) is 12.1 Å². The minimum Gasteiger partial charge on any atom is -0.489 e. The Labute approximate surface area is 121 Å². The highest BCUT2D eigenvalue weighted by Gasteiger charge is 2.20. The lowest BCUT2D eigenvalue weighted by atomic mass is 10.1. The van der Waals surface area contributed by atoms with Crippen molar-refractivity contribution in [2.24, 2.45) is 0 Å². The lowest BCUT2D eigenvalue weighted by Crippen LogP contribution is -1.99. The third-order valence-corrected chi connectivity index (χ3v) is 3.81. The summed E-state index contributed by atoms with van der Waals surface area (Å²) in [6.07, 6.45) is 1.24. The van der Waals surface area contributed by atoms with E-state index in [0.717, 1.165) is 24.0 Å². The van der Waals surface area contributed by atoms with Gasteiger partial charge in [-0.3, -0.25) is 0 Å². The molecule has 1 aliphatic rings. The largest absolute Gasteiger partial charge is 0.489 e. The molecule has 0 spiro atoms. The minimum atomic E-state index is -0.368. The summed E-state index contributed by atoms with van der Waals surface area (Å²) in [5.41, 5.74) is 2.54. The topological polar surface area (TPSA) is 29.5 Å². The van der Waals surface area contributed by atoms with E-state index in [-0.39, 0.29) is 18.5 Å². The highest BCUT2D eigenvalue weighted by molar-refractivity contribution is 6.30. The van der Waals surface area contributed by atoms with Gasteiger partial charge in [0.05, 0.1) is 6.10 Å². The fourth-order valence-electron chi connectivity index (χ4n) is 2.46. The number of hydrogen-bond acceptors (Lipinski definition) is 2. The van der Waals surface area contributed by atoms with E-state index in [4.69, 9.17) is 16.3 Å². The maximum Gasteiger partial charge on any atom is 0.131 e. The first-order valence-electron chi connectivity index (χ1n) is 6.51. The second-order valence-corrected chi connectivity index (χ2v) is 5.38. The van der Waals surface area contributed by atoms with Gasteiger partial charge in [0, 0.05) is 10.6 Å². The zero-order valence-corrected chi connectivity index (χ0v) is 11.5. The molecular formula is C16H14ClFO2. The summed E-state index contributed by atoms with van der Waals surface area (Å²) in [4.78, 5) is 0. The first-order chi connectivity index (χ1) is 9.63. The number of aliphatic hydroxyl groups excluding tert-OH is 1. The number of aliphatic hydroxyl groups is 1. The van der Waals surface area contributed by atoms with Gasteiger partial charge in [0.2, 0.25) is 0 Å². The van der Waals surface area contributed by atoms with E-state index in [1.165, 1.54) is 6.07 Å². The maximum atomic E-state index is 13.6. The molecule has 0 heterocycles. The number of rotatable bonds is 3. The Morgan fingerprint density at radius 1 is 1.25 bits per heavy atom. The predicted molar refractivity (Wildman–Crippen MR) is 75.5 cm³/mol. The summed E-state index contributed by atoms with van der Waals surface area (Å²) < 4.78 is 19.2. The second kappa shape index (κ2) is 5.43. The molecule has 2 nitrogen and oxygen atoms in total. The summed E-state index contributed by atoms with van der Waals surface area (Å²) >= 11 is 5.71. The van der Waals surface area contributed by atoms with Crippen LogP contribution >= 0.6 is 11.6 Å². The molecule has 0 saturated heterocycles. The Bertz CT molecular complexity index is 642. The maximum absolute atomic E-state index is 13.6. The van der Waals surface area contributed by atoms with Crippen LogP contribution in [0.4, 0.5) is 4.39 Å². The van der Waals surface area contributed by atoms with Crippen LogP contribution < -0.4 is 4.74 Å². The summed E-state index contributed by atoms with van der Waals surface area (Å²) in [5.74, 6) is 0.321. The van der Waals surface area contributed by atoms with Crippen molar-refractivity contribution in [1.82, 2.24) is 0 Å². The van der Waals surface area contributed by atoms with Crippen molar-refractivity contribution in [3.63, 3.8) is 0 Å². The molecule has 1 unspecified atom stereocenters. The van der Waals surface area contributed by atoms with Crippen LogP contribution in [0.2, 0.25) is 5.02 Å². The highest BCUT2D eigenvalue weighted by atomic mass is 35.5. The van der Waals surface area contributed by atoms with Crippen molar-refractivity contribution in [3.05, 3.63) is 63.9 Å². The van der Waals surface area contributed by atoms with Gasteiger partial charge < -0.3 is 9.84 Å². The molecule has 2 aromatic rings. The van der Waals surface area contributed by atoms with Gasteiger partial charge in [-0.15, -0.1) is 0 Å². The molecule has 0 saturated carbocycles. The molecule has 104 valence electrons. The zero-order valence-electron chi connectivity index (χ0n) is 10.8. The molecule has 0 aromatic heterocycles. The van der Waals surface area contributed by atoms with Gasteiger partial charge in [0.1, 0.15) is 18.2 Å². The quantitative estimate of drug-likeness (QED) is 0.925. The number of hydrogen-bond donors (Lipinski definition) is 1. The molecule has 0 bridgehead atoms. The van der Waals surface area contributed by atoms with Crippen molar-refractivity contribution in [2.75, 3.05) is 0 Å². The average molecular weight is 293 g/mol. The van der Waals surface area contributed by atoms with E-state index >= 15 is 0 Å². The summed E-state index contributed by atoms with van der Waals surface area (Å²) in [6.45, 7) is 0.157. The standard InChI is InChI=1S/C16H14ClFO2/c17-12-3-1-11(15(18)8-12)9-20-13-4-5-14-10(7-13)2-6-16(14)19/h1,3-5,7-8,16,19H,2,6,9H2. The lowest BCUT2D eigenvalue weighted by molar-refractivity contribution is 0.180. The van der Waals surface area contributed by atoms with Crippen LogP contribution in [0, 0.1) is 5.82 Å². The van der Waals surface area contributed by atoms with Gasteiger partial charge >= 0.3 is 0 Å². The molecule has 2 aromatic carbocycles. The lowest BCUT2D eigenvalue weighted by Gasteiger charge is -2.10. The van der Waals surface area contributed by atoms with Crippen LogP contribution in [0.3, 0.4) is 0 Å². The molecule has 0 fully saturated rings. The number of benzene rings is 2. The van der Waals surface area contributed by atoms with Crippen LogP contribution in [-0.2, 0) is 13.0 Å². The molecule has 4 heteroatoms. The van der Waals surface area contributed by atoms with Crippen molar-refractivity contribution in [3.8, 4) is 5.75 Å². The molecule has 0 aliphatic heterocycles. The fourth-order valence-corrected chi connectivity index (χ4v) is 2.62. The molecule has 1 atom stereocenters. The van der Waals surface area contributed by atoms with E-state index in [9.17, 15) is 9.50 Å². The van der Waals surface area contributed by atoms with E-state index in [1.54, 1.807) is 18.2 Å². The smallest absolute Gasteiger partial charge is 0.131 e. The van der Waals surface area contributed by atoms with Gasteiger partial charge in [0.15, 0.2) is 0 Å². The van der Waals surface area contributed by atoms with Crippen LogP contribution in [-0.4, -0.2) is 5.11 Å². The highest BCUT2D eigenvalue weighted by Crippen LogP contribution is 2.33. The van der Waals surface area contributed by atoms with Crippen molar-refractivity contribution < 1.29 is 14.2 Å². The van der Waals surface area contributed by atoms with Gasteiger partial charge in [-0.2, -0.15) is 0 Å². The van der Waals surface area contributed by atoms with E-state index in [0.29, 0.717) is 16.3 Å². The Kier molecular flexibility index (Phi) is 3.64. The Morgan fingerprint density at radius 3 is 2.90 bits per heavy atom. The number of aryl methyl sites for hydroxylation is 1. The van der Waals surface area contributed by atoms with E-state index in [2.05, 4.69) is 0 Å². The fraction of sp³-hybridized carbons (Fsp3) is 0.250. The van der Waals surface area contributed by atoms with Crippen LogP contribution in [0.5, 0.6) is 5.75 Å². The zero-order chi connectivity index (χ0) is 14.1. The molecule has 1 aliphatic carbocycles. The van der Waals surface area contributed by atoms with Gasteiger partial charge in [-0.25, -0.2) is 4.39 Å². The predicted octanol–water partition coefficient (Wildman–Crippen LogP) is 4.04. The van der Waals surface area contributed by atoms with Crippen molar-refractivity contribution >= 4 is 11.6 Å². The average Bonchev–Trinajstić information content (AvgIpc) is 2.79. The summed E-state index contributed by atoms with van der Waals surface area (Å²) in [6, 6.07) is 10.1. The second-order valence-electron chi connectivity index (χ2n) is 4.94. The first-order valence-corrected chi connectivity index (χ1v) is 6.89. The number of fused-ring (bicyclic) bond motifs is 1. The number of halogens is 2. The van der Waals surface area contributed by atoms with Gasteiger partial charge in [-0.05, 0) is 48.2 Å². The Hall–Kier alpha value is -1.58. The van der Waals surface area contributed by atoms with Crippen LogP contribution in [0.25, 0.3) is 0 Å².